The van der Waals surface area contributed by atoms with E-state index in [9.17, 15) is 9.59 Å². The summed E-state index contributed by atoms with van der Waals surface area (Å²) in [4.78, 5) is 28.2. The van der Waals surface area contributed by atoms with Crippen molar-refractivity contribution in [3.05, 3.63) is 38.9 Å². The van der Waals surface area contributed by atoms with E-state index in [1.165, 1.54) is 0 Å². The molecule has 1 atom stereocenters. The standard InChI is InChI=1S/C19H25N3O4S/c1-2-25-9-4-8-20-17(23)13-6-7-15-16(11-13)21-19(27)22(18(15)24)12-14-5-3-10-26-14/h6-7,11,14H,2-5,8-10,12H2,1H3,(H,20,23)(H,21,27)/t14-/m1/s1. The number of benzene rings is 1. The van der Waals surface area contributed by atoms with Gasteiger partial charge in [-0.05, 0) is 56.6 Å². The molecule has 0 spiro atoms. The molecule has 1 aromatic carbocycles. The van der Waals surface area contributed by atoms with Gasteiger partial charge in [0.1, 0.15) is 0 Å². The molecule has 0 unspecified atom stereocenters. The van der Waals surface area contributed by atoms with E-state index in [0.29, 0.717) is 47.5 Å². The zero-order valence-electron chi connectivity index (χ0n) is 15.5. The first kappa shape index (κ1) is 19.7. The van der Waals surface area contributed by atoms with Gasteiger partial charge < -0.3 is 19.8 Å². The predicted molar refractivity (Wildman–Crippen MR) is 106 cm³/mol. The fourth-order valence-corrected chi connectivity index (χ4v) is 3.44. The number of amides is 1. The Morgan fingerprint density at radius 2 is 2.33 bits per heavy atom. The van der Waals surface area contributed by atoms with Gasteiger partial charge in [0.2, 0.25) is 0 Å². The smallest absolute Gasteiger partial charge is 0.262 e. The first-order valence-corrected chi connectivity index (χ1v) is 9.75. The van der Waals surface area contributed by atoms with E-state index >= 15 is 0 Å². The van der Waals surface area contributed by atoms with Gasteiger partial charge in [-0.15, -0.1) is 0 Å². The van der Waals surface area contributed by atoms with Crippen molar-refractivity contribution in [3.63, 3.8) is 0 Å². The minimum Gasteiger partial charge on any atom is -0.382 e. The maximum atomic E-state index is 12.8. The van der Waals surface area contributed by atoms with E-state index in [1.807, 2.05) is 6.92 Å². The van der Waals surface area contributed by atoms with Crippen LogP contribution in [0.3, 0.4) is 0 Å². The van der Waals surface area contributed by atoms with Crippen LogP contribution in [0.4, 0.5) is 0 Å². The van der Waals surface area contributed by atoms with Crippen LogP contribution < -0.4 is 10.9 Å². The van der Waals surface area contributed by atoms with Crippen LogP contribution in [0.5, 0.6) is 0 Å². The van der Waals surface area contributed by atoms with E-state index in [1.54, 1.807) is 22.8 Å². The highest BCUT2D eigenvalue weighted by Gasteiger charge is 2.18. The van der Waals surface area contributed by atoms with Crippen molar-refractivity contribution >= 4 is 29.0 Å². The highest BCUT2D eigenvalue weighted by Crippen LogP contribution is 2.15. The van der Waals surface area contributed by atoms with Gasteiger partial charge in [0, 0.05) is 31.9 Å². The van der Waals surface area contributed by atoms with Crippen LogP contribution in [0.15, 0.2) is 23.0 Å². The Kier molecular flexibility index (Phi) is 6.76. The molecule has 7 nitrogen and oxygen atoms in total. The number of aromatic amines is 1. The summed E-state index contributed by atoms with van der Waals surface area (Å²) in [5.74, 6) is -0.184. The summed E-state index contributed by atoms with van der Waals surface area (Å²) in [6.45, 7) is 4.94. The highest BCUT2D eigenvalue weighted by atomic mass is 32.1. The topological polar surface area (TPSA) is 85.3 Å². The van der Waals surface area contributed by atoms with Crippen molar-refractivity contribution in [1.29, 1.82) is 0 Å². The molecule has 1 aliphatic rings. The quantitative estimate of drug-likeness (QED) is 0.533. The molecule has 27 heavy (non-hydrogen) atoms. The van der Waals surface area contributed by atoms with Gasteiger partial charge in [-0.2, -0.15) is 0 Å². The zero-order chi connectivity index (χ0) is 19.2. The molecular weight excluding hydrogens is 366 g/mol. The van der Waals surface area contributed by atoms with Gasteiger partial charge >= 0.3 is 0 Å². The van der Waals surface area contributed by atoms with Crippen LogP contribution in [0, 0.1) is 4.77 Å². The van der Waals surface area contributed by atoms with Gasteiger partial charge in [0.25, 0.3) is 11.5 Å². The molecule has 0 bridgehead atoms. The minimum atomic E-state index is -0.184. The first-order chi connectivity index (χ1) is 13.1. The Labute approximate surface area is 162 Å². The Hall–Kier alpha value is -2.03. The summed E-state index contributed by atoms with van der Waals surface area (Å²) >= 11 is 5.36. The lowest BCUT2D eigenvalue weighted by Gasteiger charge is -2.13. The molecule has 3 rings (SSSR count). The normalized spacial score (nSPS) is 16.7. The number of hydrogen-bond donors (Lipinski definition) is 2. The number of aromatic nitrogens is 2. The fraction of sp³-hybridized carbons (Fsp3) is 0.526. The van der Waals surface area contributed by atoms with Gasteiger partial charge in [0.15, 0.2) is 4.77 Å². The Bertz CT molecular complexity index is 915. The fourth-order valence-electron chi connectivity index (χ4n) is 3.18. The number of ether oxygens (including phenoxy) is 2. The Morgan fingerprint density at radius 1 is 1.48 bits per heavy atom. The van der Waals surface area contributed by atoms with E-state index in [2.05, 4.69) is 10.3 Å². The van der Waals surface area contributed by atoms with Crippen molar-refractivity contribution in [2.45, 2.75) is 38.8 Å². The number of fused-ring (bicyclic) bond motifs is 1. The van der Waals surface area contributed by atoms with E-state index in [-0.39, 0.29) is 17.6 Å². The molecule has 1 aliphatic heterocycles. The SMILES string of the molecule is CCOCCCNC(=O)c1ccc2c(=O)n(C[C@H]3CCCO3)c(=S)[nH]c2c1. The number of nitrogens with one attached hydrogen (secondary N) is 2. The molecule has 1 fully saturated rings. The predicted octanol–water partition coefficient (Wildman–Crippen LogP) is 2.39. The van der Waals surface area contributed by atoms with Crippen LogP contribution in [0.25, 0.3) is 10.9 Å². The van der Waals surface area contributed by atoms with Crippen molar-refractivity contribution in [3.8, 4) is 0 Å². The second-order valence-electron chi connectivity index (χ2n) is 6.55. The van der Waals surface area contributed by atoms with Crippen molar-refractivity contribution < 1.29 is 14.3 Å². The lowest BCUT2D eigenvalue weighted by Crippen LogP contribution is -2.28. The van der Waals surface area contributed by atoms with E-state index < -0.39 is 0 Å². The average molecular weight is 391 g/mol. The Morgan fingerprint density at radius 3 is 3.07 bits per heavy atom. The number of hydrogen-bond acceptors (Lipinski definition) is 5. The van der Waals surface area contributed by atoms with Crippen molar-refractivity contribution in [1.82, 2.24) is 14.9 Å². The molecule has 146 valence electrons. The molecule has 2 aromatic rings. The first-order valence-electron chi connectivity index (χ1n) is 9.34. The van der Waals surface area contributed by atoms with Crippen molar-refractivity contribution in [2.75, 3.05) is 26.4 Å². The summed E-state index contributed by atoms with van der Waals surface area (Å²) in [5.41, 5.74) is 0.893. The molecule has 0 aliphatic carbocycles. The summed E-state index contributed by atoms with van der Waals surface area (Å²) in [6.07, 6.45) is 2.72. The number of carbonyl (C=O) groups excluding carboxylic acids is 1. The third-order valence-corrected chi connectivity index (χ3v) is 4.93. The largest absolute Gasteiger partial charge is 0.382 e. The molecule has 0 radical (unpaired) electrons. The third-order valence-electron chi connectivity index (χ3n) is 4.61. The molecular formula is C19H25N3O4S. The third kappa shape index (κ3) is 4.82. The highest BCUT2D eigenvalue weighted by molar-refractivity contribution is 7.71. The van der Waals surface area contributed by atoms with Gasteiger partial charge in [-0.3, -0.25) is 14.2 Å². The average Bonchev–Trinajstić information content (AvgIpc) is 3.17. The molecule has 1 aromatic heterocycles. The monoisotopic (exact) mass is 391 g/mol. The van der Waals surface area contributed by atoms with Crippen LogP contribution in [0.1, 0.15) is 36.5 Å². The molecule has 1 saturated heterocycles. The maximum Gasteiger partial charge on any atom is 0.262 e. The lowest BCUT2D eigenvalue weighted by atomic mass is 10.1. The number of H-pyrrole nitrogens is 1. The molecule has 1 amide bonds. The van der Waals surface area contributed by atoms with E-state index in [4.69, 9.17) is 21.7 Å². The Balaban J connectivity index is 1.76. The summed E-state index contributed by atoms with van der Waals surface area (Å²) in [5, 5.41) is 3.36. The number of nitrogens with zero attached hydrogens (tertiary/aromatic N) is 1. The van der Waals surface area contributed by atoms with Gasteiger partial charge in [0.05, 0.1) is 23.6 Å². The van der Waals surface area contributed by atoms with Crippen LogP contribution in [-0.2, 0) is 16.0 Å². The van der Waals surface area contributed by atoms with Crippen molar-refractivity contribution in [2.24, 2.45) is 0 Å². The van der Waals surface area contributed by atoms with Crippen LogP contribution in [-0.4, -0.2) is 47.9 Å². The lowest BCUT2D eigenvalue weighted by molar-refractivity contribution is 0.0944. The molecule has 0 saturated carbocycles. The summed E-state index contributed by atoms with van der Waals surface area (Å²) < 4.78 is 12.7. The maximum absolute atomic E-state index is 12.8. The molecule has 8 heteroatoms. The number of rotatable bonds is 8. The number of carbonyl (C=O) groups is 1. The second kappa shape index (κ2) is 9.25. The zero-order valence-corrected chi connectivity index (χ0v) is 16.3. The summed E-state index contributed by atoms with van der Waals surface area (Å²) in [6, 6.07) is 5.00. The molecule has 2 heterocycles. The minimum absolute atomic E-state index is 0.0250. The molecule has 2 N–H and O–H groups in total. The van der Waals surface area contributed by atoms with Gasteiger partial charge in [-0.1, -0.05) is 0 Å². The van der Waals surface area contributed by atoms with Crippen LogP contribution in [0.2, 0.25) is 0 Å². The van der Waals surface area contributed by atoms with E-state index in [0.717, 1.165) is 25.9 Å². The second-order valence-corrected chi connectivity index (χ2v) is 6.93. The van der Waals surface area contributed by atoms with Crippen LogP contribution >= 0.6 is 12.2 Å². The summed E-state index contributed by atoms with van der Waals surface area (Å²) in [7, 11) is 0. The van der Waals surface area contributed by atoms with Gasteiger partial charge in [-0.25, -0.2) is 0 Å².